The molecule has 5 rings (SSSR count). The number of imidazole rings is 1. The van der Waals surface area contributed by atoms with Crippen LogP contribution in [0, 0.1) is 0 Å². The lowest BCUT2D eigenvalue weighted by atomic mass is 10.1. The summed E-state index contributed by atoms with van der Waals surface area (Å²) in [6, 6.07) is 10.5. The van der Waals surface area contributed by atoms with Gasteiger partial charge in [0.2, 0.25) is 0 Å². The molecule has 1 aliphatic heterocycles. The van der Waals surface area contributed by atoms with Crippen molar-refractivity contribution in [2.75, 3.05) is 12.3 Å². The lowest BCUT2D eigenvalue weighted by molar-refractivity contribution is 0.333. The average molecular weight is 439 g/mol. The lowest BCUT2D eigenvalue weighted by Crippen LogP contribution is -2.37. The predicted octanol–water partition coefficient (Wildman–Crippen LogP) is 3.36. The number of sulfonamides is 1. The quantitative estimate of drug-likeness (QED) is 0.472. The van der Waals surface area contributed by atoms with E-state index in [2.05, 4.69) is 19.9 Å². The predicted molar refractivity (Wildman–Crippen MR) is 116 cm³/mol. The number of thiophene rings is 1. The molecule has 30 heavy (non-hydrogen) atoms. The fourth-order valence-electron chi connectivity index (χ4n) is 3.52. The van der Waals surface area contributed by atoms with Crippen LogP contribution < -0.4 is 5.73 Å². The van der Waals surface area contributed by atoms with Gasteiger partial charge in [0.1, 0.15) is 9.90 Å². The van der Waals surface area contributed by atoms with Crippen LogP contribution in [0.1, 0.15) is 18.2 Å². The summed E-state index contributed by atoms with van der Waals surface area (Å²) in [4.78, 5) is 16.7. The Labute approximate surface area is 177 Å². The first-order valence-electron chi connectivity index (χ1n) is 9.32. The smallest absolute Gasteiger partial charge is 0.253 e. The Balaban J connectivity index is 1.58. The van der Waals surface area contributed by atoms with Gasteiger partial charge in [0.15, 0.2) is 11.6 Å². The number of nitrogens with one attached hydrogen (secondary N) is 1. The Morgan fingerprint density at radius 1 is 1.13 bits per heavy atom. The van der Waals surface area contributed by atoms with Crippen LogP contribution in [0.15, 0.2) is 64.3 Å². The molecule has 0 saturated heterocycles. The van der Waals surface area contributed by atoms with Crippen LogP contribution >= 0.6 is 11.3 Å². The highest BCUT2D eigenvalue weighted by Gasteiger charge is 2.34. The molecule has 3 aromatic heterocycles. The number of nitrogens with two attached hydrogens (primary N) is 1. The van der Waals surface area contributed by atoms with Crippen molar-refractivity contribution in [2.24, 2.45) is 0 Å². The monoisotopic (exact) mass is 438 g/mol. The van der Waals surface area contributed by atoms with Crippen molar-refractivity contribution in [1.82, 2.24) is 24.2 Å². The van der Waals surface area contributed by atoms with Gasteiger partial charge < -0.3 is 10.7 Å². The van der Waals surface area contributed by atoms with E-state index in [9.17, 15) is 8.42 Å². The van der Waals surface area contributed by atoms with Crippen LogP contribution in [0.3, 0.4) is 0 Å². The number of hydrogen-bond donors (Lipinski definition) is 2. The summed E-state index contributed by atoms with van der Waals surface area (Å²) in [5, 5.41) is 1.75. The number of H-pyrrole nitrogens is 1. The van der Waals surface area contributed by atoms with Gasteiger partial charge in [-0.25, -0.2) is 23.4 Å². The molecule has 1 aromatic carbocycles. The molecule has 0 saturated carbocycles. The van der Waals surface area contributed by atoms with Crippen LogP contribution in [0.5, 0.6) is 0 Å². The third-order valence-electron chi connectivity index (χ3n) is 4.99. The Bertz CT molecular complexity index is 1310. The zero-order chi connectivity index (χ0) is 20.7. The molecule has 0 fully saturated rings. The molecule has 1 aliphatic rings. The van der Waals surface area contributed by atoms with E-state index in [1.54, 1.807) is 23.7 Å². The van der Waals surface area contributed by atoms with Crippen LogP contribution in [0.2, 0.25) is 0 Å². The molecule has 8 nitrogen and oxygen atoms in total. The second-order valence-corrected chi connectivity index (χ2v) is 9.93. The van der Waals surface area contributed by atoms with Crippen LogP contribution in [-0.4, -0.2) is 39.2 Å². The van der Waals surface area contributed by atoms with E-state index in [1.165, 1.54) is 15.6 Å². The van der Waals surface area contributed by atoms with Crippen molar-refractivity contribution >= 4 is 38.2 Å². The van der Waals surface area contributed by atoms with E-state index < -0.39 is 16.1 Å². The molecular formula is C20H18N6O2S2. The Morgan fingerprint density at radius 2 is 2.00 bits per heavy atom. The number of nitrogen functional groups attached to an aromatic ring is 1. The Hall–Kier alpha value is -3.08. The van der Waals surface area contributed by atoms with E-state index in [0.717, 1.165) is 11.0 Å². The molecule has 0 spiro atoms. The van der Waals surface area contributed by atoms with Crippen molar-refractivity contribution in [2.45, 2.75) is 16.7 Å². The molecule has 3 N–H and O–H groups in total. The van der Waals surface area contributed by atoms with Gasteiger partial charge in [0.05, 0.1) is 29.0 Å². The van der Waals surface area contributed by atoms with Gasteiger partial charge in [-0.2, -0.15) is 4.31 Å². The van der Waals surface area contributed by atoms with Gasteiger partial charge in [0.25, 0.3) is 10.0 Å². The standard InChI is InChI=1S/C20H18N6O2S2/c21-19-18(20-24-13-6-1-2-7-14(13)25-20)23-15(12-22-19)16-8-3-4-10-26(16)30(27,28)17-9-5-11-29-17/h1-7,9,11-12,16H,8,10H2,(H2,21,22)(H,24,25). The minimum atomic E-state index is -3.65. The average Bonchev–Trinajstić information content (AvgIpc) is 3.44. The number of hydrogen-bond acceptors (Lipinski definition) is 7. The second kappa shape index (κ2) is 7.31. The zero-order valence-electron chi connectivity index (χ0n) is 15.8. The van der Waals surface area contributed by atoms with Gasteiger partial charge in [0, 0.05) is 6.54 Å². The number of rotatable bonds is 4. The minimum Gasteiger partial charge on any atom is -0.382 e. The first kappa shape index (κ1) is 18.9. The first-order valence-corrected chi connectivity index (χ1v) is 11.6. The van der Waals surface area contributed by atoms with Gasteiger partial charge in [-0.1, -0.05) is 30.4 Å². The van der Waals surface area contributed by atoms with Crippen molar-refractivity contribution < 1.29 is 8.42 Å². The second-order valence-electron chi connectivity index (χ2n) is 6.86. The van der Waals surface area contributed by atoms with Gasteiger partial charge in [-0.05, 0) is 30.0 Å². The molecule has 0 bridgehead atoms. The van der Waals surface area contributed by atoms with E-state index >= 15 is 0 Å². The number of para-hydroxylation sites is 2. The molecule has 0 aliphatic carbocycles. The third kappa shape index (κ3) is 3.18. The van der Waals surface area contributed by atoms with E-state index in [-0.39, 0.29) is 12.4 Å². The molecular weight excluding hydrogens is 420 g/mol. The topological polar surface area (TPSA) is 118 Å². The van der Waals surface area contributed by atoms with Crippen molar-refractivity contribution in [3.05, 3.63) is 65.8 Å². The summed E-state index contributed by atoms with van der Waals surface area (Å²) >= 11 is 1.20. The normalized spacial score (nSPS) is 17.5. The summed E-state index contributed by atoms with van der Waals surface area (Å²) in [5.41, 5.74) is 8.69. The van der Waals surface area contributed by atoms with Crippen molar-refractivity contribution in [3.63, 3.8) is 0 Å². The summed E-state index contributed by atoms with van der Waals surface area (Å²) in [5.74, 6) is 0.735. The molecule has 4 heterocycles. The fraction of sp³-hybridized carbons (Fsp3) is 0.150. The summed E-state index contributed by atoms with van der Waals surface area (Å²) < 4.78 is 28.1. The van der Waals surface area contributed by atoms with E-state index in [4.69, 9.17) is 5.73 Å². The third-order valence-corrected chi connectivity index (χ3v) is 8.24. The van der Waals surface area contributed by atoms with E-state index in [1.807, 2.05) is 36.4 Å². The molecule has 0 amide bonds. The molecule has 10 heteroatoms. The molecule has 4 aromatic rings. The summed E-state index contributed by atoms with van der Waals surface area (Å²) in [6.07, 6.45) is 5.86. The maximum absolute atomic E-state index is 13.2. The number of aromatic amines is 1. The summed E-state index contributed by atoms with van der Waals surface area (Å²) in [6.45, 7) is 0.275. The molecule has 1 atom stereocenters. The maximum atomic E-state index is 13.2. The summed E-state index contributed by atoms with van der Waals surface area (Å²) in [7, 11) is -3.65. The first-order chi connectivity index (χ1) is 14.5. The molecule has 1 unspecified atom stereocenters. The number of benzene rings is 1. The highest BCUT2D eigenvalue weighted by molar-refractivity contribution is 7.91. The highest BCUT2D eigenvalue weighted by atomic mass is 32.2. The highest BCUT2D eigenvalue weighted by Crippen LogP contribution is 2.34. The Kier molecular flexibility index (Phi) is 4.61. The Morgan fingerprint density at radius 3 is 2.80 bits per heavy atom. The minimum absolute atomic E-state index is 0.233. The zero-order valence-corrected chi connectivity index (χ0v) is 17.4. The number of fused-ring (bicyclic) bond motifs is 1. The maximum Gasteiger partial charge on any atom is 0.253 e. The van der Waals surface area contributed by atoms with Crippen molar-refractivity contribution in [3.8, 4) is 11.5 Å². The molecule has 152 valence electrons. The van der Waals surface area contributed by atoms with Gasteiger partial charge in [-0.15, -0.1) is 11.3 Å². The fourth-order valence-corrected chi connectivity index (χ4v) is 6.20. The van der Waals surface area contributed by atoms with Crippen LogP contribution in [0.4, 0.5) is 5.82 Å². The van der Waals surface area contributed by atoms with Gasteiger partial charge in [-0.3, -0.25) is 0 Å². The largest absolute Gasteiger partial charge is 0.382 e. The van der Waals surface area contributed by atoms with E-state index in [0.29, 0.717) is 27.8 Å². The van der Waals surface area contributed by atoms with Crippen LogP contribution in [0.25, 0.3) is 22.6 Å². The number of aromatic nitrogens is 4. The van der Waals surface area contributed by atoms with Crippen LogP contribution in [-0.2, 0) is 10.0 Å². The SMILES string of the molecule is Nc1ncc(C2CC=CCN2S(=O)(=O)c2cccs2)nc1-c1nc2ccccc2[nH]1. The number of anilines is 1. The lowest BCUT2D eigenvalue weighted by Gasteiger charge is -2.31. The van der Waals surface area contributed by atoms with Crippen molar-refractivity contribution in [1.29, 1.82) is 0 Å². The number of nitrogens with zero attached hydrogens (tertiary/aromatic N) is 4. The molecule has 0 radical (unpaired) electrons. The van der Waals surface area contributed by atoms with Gasteiger partial charge >= 0.3 is 0 Å².